The maximum Gasteiger partial charge on any atom is 0.417 e. The number of sulfone groups is 1. The van der Waals surface area contributed by atoms with Crippen molar-refractivity contribution >= 4 is 21.6 Å². The normalized spacial score (nSPS) is 20.1. The molecule has 0 bridgehead atoms. The predicted molar refractivity (Wildman–Crippen MR) is 134 cm³/mol. The number of hydrogen-bond donors (Lipinski definition) is 2. The van der Waals surface area contributed by atoms with Crippen molar-refractivity contribution in [2.24, 2.45) is 0 Å². The van der Waals surface area contributed by atoms with Gasteiger partial charge in [0.2, 0.25) is 0 Å². The molecule has 2 heterocycles. The molecule has 2 aromatic carbocycles. The fraction of sp³-hybridized carbons (Fsp3) is 0.333. The molecule has 37 heavy (non-hydrogen) atoms. The van der Waals surface area contributed by atoms with Gasteiger partial charge in [-0.25, -0.2) is 13.4 Å². The first-order valence-corrected chi connectivity index (χ1v) is 13.7. The van der Waals surface area contributed by atoms with Crippen molar-refractivity contribution in [2.75, 3.05) is 11.9 Å². The fourth-order valence-electron chi connectivity index (χ4n) is 4.99. The van der Waals surface area contributed by atoms with E-state index in [2.05, 4.69) is 15.6 Å². The van der Waals surface area contributed by atoms with Gasteiger partial charge in [-0.3, -0.25) is 4.79 Å². The maximum atomic E-state index is 13.3. The number of carbonyl (C=O) groups is 1. The molecule has 0 saturated heterocycles. The van der Waals surface area contributed by atoms with E-state index in [4.69, 9.17) is 0 Å². The molecule has 0 radical (unpaired) electrons. The highest BCUT2D eigenvalue weighted by atomic mass is 32.2. The molecular formula is C27H26F3N3O3S. The van der Waals surface area contributed by atoms with Crippen LogP contribution in [-0.4, -0.2) is 37.1 Å². The standard InChI is InChI=1S/C27H26F3N3O3S/c28-27(29,30)20-5-12-25(32-16-20)33-21-6-10-23(11-7-21)37(35,36)22-8-3-17(4-9-22)19-2-1-18-13-14-31-26(34)24(18)15-19/h1-5,8-9,12,15-16,21,23H,6-7,10-11,13-14H2,(H,31,34)(H,32,33). The zero-order valence-electron chi connectivity index (χ0n) is 19.9. The molecule has 1 aromatic heterocycles. The zero-order chi connectivity index (χ0) is 26.2. The largest absolute Gasteiger partial charge is 0.417 e. The van der Waals surface area contributed by atoms with Crippen LogP contribution >= 0.6 is 0 Å². The third kappa shape index (κ3) is 5.34. The quantitative estimate of drug-likeness (QED) is 0.471. The second kappa shape index (κ2) is 9.81. The summed E-state index contributed by atoms with van der Waals surface area (Å²) in [5.74, 6) is 0.246. The number of carbonyl (C=O) groups excluding carboxylic acids is 1. The molecule has 2 N–H and O–H groups in total. The molecular weight excluding hydrogens is 503 g/mol. The molecule has 1 aliphatic carbocycles. The molecule has 0 atom stereocenters. The molecule has 10 heteroatoms. The number of nitrogens with zero attached hydrogens (tertiary/aromatic N) is 1. The van der Waals surface area contributed by atoms with Gasteiger partial charge in [0.1, 0.15) is 5.82 Å². The summed E-state index contributed by atoms with van der Waals surface area (Å²) in [4.78, 5) is 16.3. The second-order valence-electron chi connectivity index (χ2n) is 9.50. The van der Waals surface area contributed by atoms with E-state index in [1.165, 1.54) is 6.07 Å². The number of rotatable bonds is 5. The highest BCUT2D eigenvalue weighted by Gasteiger charge is 2.33. The molecule has 0 spiro atoms. The smallest absolute Gasteiger partial charge is 0.367 e. The summed E-state index contributed by atoms with van der Waals surface area (Å²) in [6.07, 6.45) is -0.820. The van der Waals surface area contributed by atoms with Crippen molar-refractivity contribution in [3.8, 4) is 11.1 Å². The lowest BCUT2D eigenvalue weighted by atomic mass is 9.95. The van der Waals surface area contributed by atoms with E-state index in [0.29, 0.717) is 43.6 Å². The molecule has 2 aliphatic rings. The number of benzene rings is 2. The third-order valence-corrected chi connectivity index (χ3v) is 9.38. The van der Waals surface area contributed by atoms with Crippen molar-refractivity contribution in [3.63, 3.8) is 0 Å². The summed E-state index contributed by atoms with van der Waals surface area (Å²) >= 11 is 0. The van der Waals surface area contributed by atoms with Gasteiger partial charge in [-0.15, -0.1) is 0 Å². The van der Waals surface area contributed by atoms with Crippen LogP contribution in [0, 0.1) is 0 Å². The molecule has 1 fully saturated rings. The van der Waals surface area contributed by atoms with Crippen LogP contribution in [0.15, 0.2) is 65.7 Å². The Morgan fingerprint density at radius 1 is 0.919 bits per heavy atom. The number of aromatic nitrogens is 1. The van der Waals surface area contributed by atoms with E-state index in [9.17, 15) is 26.4 Å². The van der Waals surface area contributed by atoms with Crippen molar-refractivity contribution in [1.29, 1.82) is 0 Å². The molecule has 1 saturated carbocycles. The number of pyridine rings is 1. The van der Waals surface area contributed by atoms with E-state index in [1.54, 1.807) is 24.3 Å². The Morgan fingerprint density at radius 3 is 2.27 bits per heavy atom. The van der Waals surface area contributed by atoms with Crippen LogP contribution in [0.25, 0.3) is 11.1 Å². The Bertz CT molecular complexity index is 1400. The Morgan fingerprint density at radius 2 is 1.62 bits per heavy atom. The summed E-state index contributed by atoms with van der Waals surface area (Å²) < 4.78 is 64.7. The number of halogens is 3. The topological polar surface area (TPSA) is 88.2 Å². The highest BCUT2D eigenvalue weighted by Crippen LogP contribution is 2.33. The minimum atomic E-state index is -4.44. The first kappa shape index (κ1) is 25.3. The number of hydrogen-bond acceptors (Lipinski definition) is 5. The van der Waals surface area contributed by atoms with Gasteiger partial charge in [-0.1, -0.05) is 24.3 Å². The predicted octanol–water partition coefficient (Wildman–Crippen LogP) is 5.25. The van der Waals surface area contributed by atoms with Gasteiger partial charge >= 0.3 is 6.18 Å². The van der Waals surface area contributed by atoms with E-state index >= 15 is 0 Å². The Balaban J connectivity index is 1.22. The first-order valence-electron chi connectivity index (χ1n) is 12.2. The van der Waals surface area contributed by atoms with Gasteiger partial charge < -0.3 is 10.6 Å². The van der Waals surface area contributed by atoms with Crippen LogP contribution in [0.2, 0.25) is 0 Å². The van der Waals surface area contributed by atoms with Gasteiger partial charge in [0, 0.05) is 24.3 Å². The molecule has 5 rings (SSSR count). The van der Waals surface area contributed by atoms with E-state index in [0.717, 1.165) is 35.4 Å². The summed E-state index contributed by atoms with van der Waals surface area (Å²) in [6.45, 7) is 0.627. The van der Waals surface area contributed by atoms with Crippen molar-refractivity contribution in [3.05, 3.63) is 77.5 Å². The van der Waals surface area contributed by atoms with Gasteiger partial charge in [-0.2, -0.15) is 13.2 Å². The van der Waals surface area contributed by atoms with Crippen LogP contribution in [-0.2, 0) is 22.4 Å². The van der Waals surface area contributed by atoms with E-state index < -0.39 is 26.8 Å². The average Bonchev–Trinajstić information content (AvgIpc) is 2.89. The molecule has 6 nitrogen and oxygen atoms in total. The molecule has 3 aromatic rings. The van der Waals surface area contributed by atoms with Gasteiger partial charge in [-0.05, 0) is 79.1 Å². The number of alkyl halides is 3. The second-order valence-corrected chi connectivity index (χ2v) is 11.7. The number of anilines is 1. The van der Waals surface area contributed by atoms with Crippen molar-refractivity contribution < 1.29 is 26.4 Å². The Hall–Kier alpha value is -3.40. The van der Waals surface area contributed by atoms with E-state index in [1.807, 2.05) is 18.2 Å². The Kier molecular flexibility index (Phi) is 6.70. The van der Waals surface area contributed by atoms with Crippen LogP contribution < -0.4 is 10.6 Å². The van der Waals surface area contributed by atoms with E-state index in [-0.39, 0.29) is 16.8 Å². The lowest BCUT2D eigenvalue weighted by molar-refractivity contribution is -0.137. The minimum Gasteiger partial charge on any atom is -0.367 e. The molecule has 1 aliphatic heterocycles. The Labute approximate surface area is 213 Å². The number of amides is 1. The first-order chi connectivity index (χ1) is 17.6. The SMILES string of the molecule is O=C1NCCc2ccc(-c3ccc(S(=O)(=O)C4CCC(Nc5ccc(C(F)(F)F)cn5)CC4)cc3)cc21. The van der Waals surface area contributed by atoms with Gasteiger partial charge in [0.05, 0.1) is 15.7 Å². The maximum absolute atomic E-state index is 13.3. The molecule has 194 valence electrons. The monoisotopic (exact) mass is 529 g/mol. The number of fused-ring (bicyclic) bond motifs is 1. The van der Waals surface area contributed by atoms with Crippen LogP contribution in [0.3, 0.4) is 0 Å². The molecule has 1 amide bonds. The van der Waals surface area contributed by atoms with Crippen LogP contribution in [0.4, 0.5) is 19.0 Å². The summed E-state index contributed by atoms with van der Waals surface area (Å²) in [5, 5.41) is 5.44. The van der Waals surface area contributed by atoms with Crippen LogP contribution in [0.1, 0.15) is 47.2 Å². The van der Waals surface area contributed by atoms with Gasteiger partial charge in [0.25, 0.3) is 5.91 Å². The summed E-state index contributed by atoms with van der Waals surface area (Å²) in [7, 11) is -3.53. The van der Waals surface area contributed by atoms with Crippen LogP contribution in [0.5, 0.6) is 0 Å². The van der Waals surface area contributed by atoms with Crippen molar-refractivity contribution in [1.82, 2.24) is 10.3 Å². The zero-order valence-corrected chi connectivity index (χ0v) is 20.7. The average molecular weight is 530 g/mol. The number of nitrogens with one attached hydrogen (secondary N) is 2. The summed E-state index contributed by atoms with van der Waals surface area (Å²) in [6, 6.07) is 14.7. The lowest BCUT2D eigenvalue weighted by Gasteiger charge is -2.29. The minimum absolute atomic E-state index is 0.0562. The third-order valence-electron chi connectivity index (χ3n) is 7.11. The fourth-order valence-corrected chi connectivity index (χ4v) is 6.79. The molecule has 0 unspecified atom stereocenters. The van der Waals surface area contributed by atoms with Crippen molar-refractivity contribution in [2.45, 2.75) is 54.5 Å². The lowest BCUT2D eigenvalue weighted by Crippen LogP contribution is -2.33. The summed E-state index contributed by atoms with van der Waals surface area (Å²) in [5.41, 5.74) is 2.53. The highest BCUT2D eigenvalue weighted by molar-refractivity contribution is 7.92. The van der Waals surface area contributed by atoms with Gasteiger partial charge in [0.15, 0.2) is 9.84 Å².